The summed E-state index contributed by atoms with van der Waals surface area (Å²) < 4.78 is 45.0. The second-order valence-electron chi connectivity index (χ2n) is 1.31. The topological polar surface area (TPSA) is 27.6 Å². The lowest BCUT2D eigenvalue weighted by atomic mass is 10.4. The Kier molecular flexibility index (Phi) is 2.21. The summed E-state index contributed by atoms with van der Waals surface area (Å²) in [6.07, 6.45) is -3.58. The smallest absolute Gasteiger partial charge is 0.352 e. The van der Waals surface area contributed by atoms with Gasteiger partial charge in [0, 0.05) is 0 Å². The monoisotopic (exact) mass is 132 g/mol. The Morgan fingerprint density at radius 3 is 1.75 bits per heavy atom. The van der Waals surface area contributed by atoms with Crippen LogP contribution in [0.3, 0.4) is 0 Å². The first kappa shape index (κ1) is 7.68. The molecule has 0 saturated carbocycles. The molecule has 0 aliphatic heterocycles. The standard InChI is InChI=1S/C3H5F4N/c4-2(5)3(6,7)1-8/h2H,1,8H2/p+1. The maximum absolute atomic E-state index is 11.5. The molecule has 0 saturated heterocycles. The summed E-state index contributed by atoms with van der Waals surface area (Å²) in [6.45, 7) is -1.05. The highest BCUT2D eigenvalue weighted by atomic mass is 19.3. The minimum absolute atomic E-state index is 1.05. The van der Waals surface area contributed by atoms with Gasteiger partial charge >= 0.3 is 12.3 Å². The van der Waals surface area contributed by atoms with Crippen molar-refractivity contribution in [2.24, 2.45) is 0 Å². The summed E-state index contributed by atoms with van der Waals surface area (Å²) in [7, 11) is 0. The average Bonchev–Trinajstić information content (AvgIpc) is 1.67. The lowest BCUT2D eigenvalue weighted by Crippen LogP contribution is -2.60. The largest absolute Gasteiger partial charge is 0.354 e. The number of hydrogen-bond donors (Lipinski definition) is 1. The third-order valence-corrected chi connectivity index (χ3v) is 0.653. The molecule has 8 heavy (non-hydrogen) atoms. The van der Waals surface area contributed by atoms with Gasteiger partial charge in [-0.1, -0.05) is 0 Å². The molecule has 0 unspecified atom stereocenters. The van der Waals surface area contributed by atoms with Crippen molar-refractivity contribution in [1.29, 1.82) is 0 Å². The Labute approximate surface area is 43.5 Å². The van der Waals surface area contributed by atoms with Crippen LogP contribution in [-0.2, 0) is 0 Å². The second kappa shape index (κ2) is 2.30. The van der Waals surface area contributed by atoms with Crippen molar-refractivity contribution in [3.8, 4) is 0 Å². The zero-order chi connectivity index (χ0) is 6.78. The highest BCUT2D eigenvalue weighted by molar-refractivity contribution is 4.64. The van der Waals surface area contributed by atoms with Gasteiger partial charge in [0.1, 0.15) is 6.54 Å². The second-order valence-corrected chi connectivity index (χ2v) is 1.31. The van der Waals surface area contributed by atoms with Crippen LogP contribution in [0.2, 0.25) is 0 Å². The first-order valence-electron chi connectivity index (χ1n) is 1.96. The Balaban J connectivity index is 3.71. The minimum atomic E-state index is -3.90. The summed E-state index contributed by atoms with van der Waals surface area (Å²) >= 11 is 0. The van der Waals surface area contributed by atoms with Crippen molar-refractivity contribution in [3.05, 3.63) is 0 Å². The molecule has 0 aromatic rings. The normalized spacial score (nSPS) is 12.8. The van der Waals surface area contributed by atoms with Crippen molar-refractivity contribution >= 4 is 0 Å². The van der Waals surface area contributed by atoms with Gasteiger partial charge < -0.3 is 5.73 Å². The van der Waals surface area contributed by atoms with E-state index in [1.807, 2.05) is 0 Å². The van der Waals surface area contributed by atoms with E-state index in [-0.39, 0.29) is 0 Å². The fourth-order valence-corrected chi connectivity index (χ4v) is 0.109. The molecule has 0 rings (SSSR count). The van der Waals surface area contributed by atoms with E-state index in [9.17, 15) is 17.6 Å². The molecule has 0 fully saturated rings. The fraction of sp³-hybridized carbons (Fsp3) is 1.00. The molecular formula is C3H6F4N+. The van der Waals surface area contributed by atoms with Gasteiger partial charge in [0.15, 0.2) is 0 Å². The van der Waals surface area contributed by atoms with Crippen LogP contribution in [0.4, 0.5) is 17.6 Å². The molecule has 5 heteroatoms. The van der Waals surface area contributed by atoms with Crippen LogP contribution >= 0.6 is 0 Å². The first-order valence-corrected chi connectivity index (χ1v) is 1.96. The van der Waals surface area contributed by atoms with Crippen LogP contribution in [0.15, 0.2) is 0 Å². The van der Waals surface area contributed by atoms with Crippen LogP contribution in [0.1, 0.15) is 0 Å². The van der Waals surface area contributed by atoms with Crippen molar-refractivity contribution in [2.45, 2.75) is 12.3 Å². The van der Waals surface area contributed by atoms with Crippen molar-refractivity contribution in [3.63, 3.8) is 0 Å². The molecule has 0 heterocycles. The molecular weight excluding hydrogens is 126 g/mol. The molecule has 1 nitrogen and oxygen atoms in total. The summed E-state index contributed by atoms with van der Waals surface area (Å²) in [5.74, 6) is -3.90. The molecule has 50 valence electrons. The summed E-state index contributed by atoms with van der Waals surface area (Å²) in [4.78, 5) is 0. The van der Waals surface area contributed by atoms with Gasteiger partial charge in [-0.05, 0) is 0 Å². The third-order valence-electron chi connectivity index (χ3n) is 0.653. The van der Waals surface area contributed by atoms with Gasteiger partial charge in [0.25, 0.3) is 0 Å². The zero-order valence-electron chi connectivity index (χ0n) is 4.00. The number of alkyl halides is 4. The summed E-state index contributed by atoms with van der Waals surface area (Å²) in [5.41, 5.74) is 2.65. The highest BCUT2D eigenvalue weighted by Gasteiger charge is 2.41. The molecule has 0 amide bonds. The Morgan fingerprint density at radius 1 is 1.38 bits per heavy atom. The maximum Gasteiger partial charge on any atom is 0.354 e. The summed E-state index contributed by atoms with van der Waals surface area (Å²) in [5, 5.41) is 0. The minimum Gasteiger partial charge on any atom is -0.352 e. The molecule has 0 aliphatic rings. The van der Waals surface area contributed by atoms with Gasteiger partial charge in [-0.2, -0.15) is 8.78 Å². The van der Waals surface area contributed by atoms with Crippen LogP contribution < -0.4 is 5.73 Å². The zero-order valence-corrected chi connectivity index (χ0v) is 4.00. The fourth-order valence-electron chi connectivity index (χ4n) is 0.109. The third kappa shape index (κ3) is 1.65. The molecule has 0 atom stereocenters. The van der Waals surface area contributed by atoms with E-state index in [0.717, 1.165) is 0 Å². The maximum atomic E-state index is 11.5. The quantitative estimate of drug-likeness (QED) is 0.517. The lowest BCUT2D eigenvalue weighted by Gasteiger charge is -2.08. The van der Waals surface area contributed by atoms with Crippen LogP contribution in [0.5, 0.6) is 0 Å². The Morgan fingerprint density at radius 2 is 1.75 bits per heavy atom. The molecule has 3 N–H and O–H groups in total. The molecule has 0 bridgehead atoms. The van der Waals surface area contributed by atoms with Gasteiger partial charge in [-0.25, -0.2) is 8.78 Å². The number of rotatable bonds is 2. The van der Waals surface area contributed by atoms with Crippen LogP contribution in [0.25, 0.3) is 0 Å². The van der Waals surface area contributed by atoms with Crippen LogP contribution in [-0.4, -0.2) is 18.9 Å². The predicted molar refractivity (Wildman–Crippen MR) is 18.7 cm³/mol. The van der Waals surface area contributed by atoms with E-state index < -0.39 is 18.9 Å². The van der Waals surface area contributed by atoms with Crippen LogP contribution in [0, 0.1) is 0 Å². The SMILES string of the molecule is [NH3+]CC(F)(F)C(F)F. The van der Waals surface area contributed by atoms with Gasteiger partial charge in [0.05, 0.1) is 0 Å². The van der Waals surface area contributed by atoms with E-state index in [4.69, 9.17) is 0 Å². The average molecular weight is 132 g/mol. The number of halogens is 4. The molecule has 0 radical (unpaired) electrons. The van der Waals surface area contributed by atoms with E-state index >= 15 is 0 Å². The number of hydrogen-bond acceptors (Lipinski definition) is 0. The van der Waals surface area contributed by atoms with E-state index in [1.54, 1.807) is 0 Å². The van der Waals surface area contributed by atoms with Gasteiger partial charge in [-0.15, -0.1) is 0 Å². The molecule has 0 aromatic heterocycles. The van der Waals surface area contributed by atoms with Crippen molar-refractivity contribution < 1.29 is 23.3 Å². The summed E-state index contributed by atoms with van der Waals surface area (Å²) in [6, 6.07) is 0. The Bertz CT molecular complexity index is 71.7. The molecule has 0 aliphatic carbocycles. The first-order chi connectivity index (χ1) is 3.50. The van der Waals surface area contributed by atoms with E-state index in [2.05, 4.69) is 5.73 Å². The molecule has 0 spiro atoms. The van der Waals surface area contributed by atoms with Crippen molar-refractivity contribution in [2.75, 3.05) is 6.54 Å². The highest BCUT2D eigenvalue weighted by Crippen LogP contribution is 2.19. The van der Waals surface area contributed by atoms with Gasteiger partial charge in [-0.3, -0.25) is 0 Å². The Hall–Kier alpha value is -0.320. The van der Waals surface area contributed by atoms with E-state index in [0.29, 0.717) is 0 Å². The van der Waals surface area contributed by atoms with Gasteiger partial charge in [0.2, 0.25) is 0 Å². The number of quaternary nitrogens is 1. The predicted octanol–water partition coefficient (Wildman–Crippen LogP) is 0.129. The lowest BCUT2D eigenvalue weighted by molar-refractivity contribution is -0.417. The van der Waals surface area contributed by atoms with Crippen molar-refractivity contribution in [1.82, 2.24) is 0 Å². The molecule has 0 aromatic carbocycles. The van der Waals surface area contributed by atoms with E-state index in [1.165, 1.54) is 0 Å².